The summed E-state index contributed by atoms with van der Waals surface area (Å²) in [5.41, 5.74) is 0.316. The fraction of sp³-hybridized carbons (Fsp3) is 0.357. The van der Waals surface area contributed by atoms with Crippen LogP contribution in [0, 0.1) is 5.82 Å². The highest BCUT2D eigenvalue weighted by Crippen LogP contribution is 2.29. The van der Waals surface area contributed by atoms with E-state index in [0.717, 1.165) is 5.56 Å². The van der Waals surface area contributed by atoms with Crippen molar-refractivity contribution in [2.45, 2.75) is 52.0 Å². The first kappa shape index (κ1) is 25.6. The first-order valence-electron chi connectivity index (χ1n) is 12.6. The summed E-state index contributed by atoms with van der Waals surface area (Å²) in [6.07, 6.45) is 1.08. The number of hydrogen-bond acceptors (Lipinski definition) is 6. The van der Waals surface area contributed by atoms with Gasteiger partial charge in [0.05, 0.1) is 18.8 Å². The minimum atomic E-state index is -0.884. The first-order chi connectivity index (χ1) is 18.2. The predicted molar refractivity (Wildman–Crippen MR) is 137 cm³/mol. The monoisotopic (exact) mass is 520 g/mol. The van der Waals surface area contributed by atoms with Crippen molar-refractivity contribution >= 4 is 17.5 Å². The highest BCUT2D eigenvalue weighted by Gasteiger charge is 2.35. The van der Waals surface area contributed by atoms with Gasteiger partial charge in [0.1, 0.15) is 23.8 Å². The van der Waals surface area contributed by atoms with E-state index in [1.165, 1.54) is 27.7 Å². The fourth-order valence-electron chi connectivity index (χ4n) is 4.77. The number of carbonyl (C=O) groups excluding carboxylic acids is 2. The lowest BCUT2D eigenvalue weighted by atomic mass is 10.1. The van der Waals surface area contributed by atoms with Crippen LogP contribution < -0.4 is 20.5 Å². The molecule has 10 heteroatoms. The molecule has 2 aliphatic rings. The largest absolute Gasteiger partial charge is 0.481 e. The Morgan fingerprint density at radius 2 is 1.95 bits per heavy atom. The molecule has 0 saturated carbocycles. The molecule has 198 valence electrons. The molecule has 3 aromatic rings. The maximum absolute atomic E-state index is 14.0. The summed E-state index contributed by atoms with van der Waals surface area (Å²) < 4.78 is 27.2. The summed E-state index contributed by atoms with van der Waals surface area (Å²) in [6, 6.07) is 13.4. The van der Waals surface area contributed by atoms with Crippen LogP contribution in [0.4, 0.5) is 10.1 Å². The van der Waals surface area contributed by atoms with Crippen molar-refractivity contribution in [2.24, 2.45) is 0 Å². The molecule has 38 heavy (non-hydrogen) atoms. The van der Waals surface area contributed by atoms with Gasteiger partial charge in [-0.05, 0) is 43.5 Å². The van der Waals surface area contributed by atoms with Gasteiger partial charge in [0.2, 0.25) is 11.7 Å². The standard InChI is InChI=1S/C28H29FN4O5/c1-28(2)27-31-23(24(26(36)33(27)13-14-38-28)37-17-18-7-4-3-5-8-18)25(35)30-16-19-10-11-20(29)15-21(19)32-12-6-9-22(32)34/h3-5,7-8,10-11,15H,6,9,12-14,16-17H2,1-2H3,(H,30,35). The summed E-state index contributed by atoms with van der Waals surface area (Å²) in [7, 11) is 0. The topological polar surface area (TPSA) is 103 Å². The highest BCUT2D eigenvalue weighted by atomic mass is 19.1. The Bertz CT molecular complexity index is 1440. The number of nitrogens with zero attached hydrogens (tertiary/aromatic N) is 3. The molecular weight excluding hydrogens is 491 g/mol. The van der Waals surface area contributed by atoms with Gasteiger partial charge in [-0.1, -0.05) is 36.4 Å². The van der Waals surface area contributed by atoms with Crippen LogP contribution in [-0.2, 0) is 34.8 Å². The van der Waals surface area contributed by atoms with Crippen molar-refractivity contribution in [3.63, 3.8) is 0 Å². The molecule has 0 bridgehead atoms. The van der Waals surface area contributed by atoms with Crippen LogP contribution in [0.2, 0.25) is 0 Å². The third kappa shape index (κ3) is 5.04. The van der Waals surface area contributed by atoms with Gasteiger partial charge >= 0.3 is 0 Å². The lowest BCUT2D eigenvalue weighted by molar-refractivity contribution is -0.117. The van der Waals surface area contributed by atoms with Crippen molar-refractivity contribution < 1.29 is 23.5 Å². The van der Waals surface area contributed by atoms with Crippen molar-refractivity contribution in [1.82, 2.24) is 14.9 Å². The molecule has 5 rings (SSSR count). The van der Waals surface area contributed by atoms with E-state index < -0.39 is 22.9 Å². The molecule has 0 unspecified atom stereocenters. The Kier molecular flexibility index (Phi) is 6.98. The Hall–Kier alpha value is -4.05. The number of anilines is 1. The molecule has 3 heterocycles. The number of nitrogens with one attached hydrogen (secondary N) is 1. The Balaban J connectivity index is 1.47. The molecule has 9 nitrogen and oxygen atoms in total. The summed E-state index contributed by atoms with van der Waals surface area (Å²) in [5, 5.41) is 2.78. The van der Waals surface area contributed by atoms with E-state index in [2.05, 4.69) is 10.3 Å². The van der Waals surface area contributed by atoms with Gasteiger partial charge in [-0.25, -0.2) is 9.37 Å². The molecule has 0 aliphatic carbocycles. The first-order valence-corrected chi connectivity index (χ1v) is 12.6. The average Bonchev–Trinajstić information content (AvgIpc) is 3.33. The zero-order valence-corrected chi connectivity index (χ0v) is 21.3. The van der Waals surface area contributed by atoms with Crippen LogP contribution in [-0.4, -0.2) is 34.5 Å². The van der Waals surface area contributed by atoms with Gasteiger partial charge in [0, 0.05) is 19.5 Å². The molecular formula is C28H29FN4O5. The number of halogens is 1. The van der Waals surface area contributed by atoms with Crippen LogP contribution in [0.25, 0.3) is 0 Å². The number of benzene rings is 2. The average molecular weight is 521 g/mol. The zero-order chi connectivity index (χ0) is 26.9. The Morgan fingerprint density at radius 1 is 1.16 bits per heavy atom. The minimum absolute atomic E-state index is 0.00363. The van der Waals surface area contributed by atoms with E-state index in [4.69, 9.17) is 9.47 Å². The summed E-state index contributed by atoms with van der Waals surface area (Å²) in [4.78, 5) is 45.4. The van der Waals surface area contributed by atoms with Crippen LogP contribution in [0.15, 0.2) is 53.3 Å². The molecule has 2 aliphatic heterocycles. The molecule has 0 spiro atoms. The van der Waals surface area contributed by atoms with Gasteiger partial charge < -0.3 is 19.7 Å². The molecule has 0 atom stereocenters. The molecule has 2 amide bonds. The van der Waals surface area contributed by atoms with Gasteiger partial charge in [0.25, 0.3) is 11.5 Å². The second-order valence-corrected chi connectivity index (χ2v) is 9.81. The van der Waals surface area contributed by atoms with Gasteiger partial charge in [-0.15, -0.1) is 0 Å². The van der Waals surface area contributed by atoms with E-state index in [1.54, 1.807) is 13.8 Å². The van der Waals surface area contributed by atoms with Crippen molar-refractivity contribution in [2.75, 3.05) is 18.1 Å². The summed E-state index contributed by atoms with van der Waals surface area (Å²) >= 11 is 0. The number of carbonyl (C=O) groups is 2. The SMILES string of the molecule is CC1(C)OCCn2c1nc(C(=O)NCc1ccc(F)cc1N1CCCC1=O)c(OCc1ccccc1)c2=O. The molecule has 0 radical (unpaired) electrons. The number of hydrogen-bond donors (Lipinski definition) is 1. The van der Waals surface area contributed by atoms with E-state index >= 15 is 0 Å². The van der Waals surface area contributed by atoms with E-state index in [0.29, 0.717) is 43.1 Å². The number of rotatable bonds is 7. The molecule has 1 fully saturated rings. The lowest BCUT2D eigenvalue weighted by Crippen LogP contribution is -2.43. The summed E-state index contributed by atoms with van der Waals surface area (Å²) in [6.45, 7) is 4.75. The number of aromatic nitrogens is 2. The van der Waals surface area contributed by atoms with Crippen LogP contribution in [0.5, 0.6) is 5.75 Å². The third-order valence-corrected chi connectivity index (χ3v) is 6.74. The smallest absolute Gasteiger partial charge is 0.296 e. The highest BCUT2D eigenvalue weighted by molar-refractivity contribution is 5.97. The van der Waals surface area contributed by atoms with Gasteiger partial charge in [-0.2, -0.15) is 0 Å². The van der Waals surface area contributed by atoms with Crippen LogP contribution >= 0.6 is 0 Å². The fourth-order valence-corrected chi connectivity index (χ4v) is 4.77. The van der Waals surface area contributed by atoms with Crippen molar-refractivity contribution in [3.8, 4) is 5.75 Å². The lowest BCUT2D eigenvalue weighted by Gasteiger charge is -2.33. The summed E-state index contributed by atoms with van der Waals surface area (Å²) in [5.74, 6) is -1.01. The van der Waals surface area contributed by atoms with Crippen molar-refractivity contribution in [1.29, 1.82) is 0 Å². The van der Waals surface area contributed by atoms with Crippen LogP contribution in [0.1, 0.15) is 54.1 Å². The third-order valence-electron chi connectivity index (χ3n) is 6.74. The van der Waals surface area contributed by atoms with Crippen LogP contribution in [0.3, 0.4) is 0 Å². The normalized spacial score (nSPS) is 16.3. The van der Waals surface area contributed by atoms with Gasteiger partial charge in [0.15, 0.2) is 5.69 Å². The Labute approximate surface area is 219 Å². The van der Waals surface area contributed by atoms with E-state index in [9.17, 15) is 18.8 Å². The Morgan fingerprint density at radius 3 is 2.68 bits per heavy atom. The quantitative estimate of drug-likeness (QED) is 0.513. The van der Waals surface area contributed by atoms with Crippen molar-refractivity contribution in [3.05, 3.63) is 87.3 Å². The molecule has 1 aromatic heterocycles. The maximum atomic E-state index is 14.0. The molecule has 1 N–H and O–H groups in total. The minimum Gasteiger partial charge on any atom is -0.481 e. The van der Waals surface area contributed by atoms with E-state index in [1.807, 2.05) is 30.3 Å². The maximum Gasteiger partial charge on any atom is 0.296 e. The molecule has 1 saturated heterocycles. The second-order valence-electron chi connectivity index (χ2n) is 9.81. The number of fused-ring (bicyclic) bond motifs is 1. The van der Waals surface area contributed by atoms with E-state index in [-0.39, 0.29) is 37.0 Å². The zero-order valence-electron chi connectivity index (χ0n) is 21.3. The number of ether oxygens (including phenoxy) is 2. The van der Waals surface area contributed by atoms with Gasteiger partial charge in [-0.3, -0.25) is 19.0 Å². The predicted octanol–water partition coefficient (Wildman–Crippen LogP) is 3.28. The second kappa shape index (κ2) is 10.4. The molecule has 2 aromatic carbocycles. The number of amides is 2.